The molecule has 3 heterocycles. The van der Waals surface area contributed by atoms with E-state index < -0.39 is 0 Å². The Morgan fingerprint density at radius 2 is 1.89 bits per heavy atom. The Morgan fingerprint density at radius 3 is 2.65 bits per heavy atom. The van der Waals surface area contributed by atoms with Crippen molar-refractivity contribution in [1.29, 1.82) is 5.26 Å². The van der Waals surface area contributed by atoms with Crippen LogP contribution in [0.4, 0.5) is 0 Å². The number of aryl methyl sites for hydroxylation is 1. The maximum Gasteiger partial charge on any atom is 0.223 e. The first-order chi connectivity index (χ1) is 18.0. The Morgan fingerprint density at radius 1 is 1.05 bits per heavy atom. The summed E-state index contributed by atoms with van der Waals surface area (Å²) in [6.07, 6.45) is 6.88. The van der Waals surface area contributed by atoms with Crippen molar-refractivity contribution in [2.24, 2.45) is 7.05 Å². The summed E-state index contributed by atoms with van der Waals surface area (Å²) in [6.45, 7) is 1.17. The Hall–Kier alpha value is -4.51. The van der Waals surface area contributed by atoms with Crippen molar-refractivity contribution in [1.82, 2.24) is 19.7 Å². The van der Waals surface area contributed by atoms with Crippen LogP contribution < -0.4 is 4.74 Å². The number of ether oxygens (including phenoxy) is 1. The van der Waals surface area contributed by atoms with E-state index >= 15 is 0 Å². The molecule has 1 fully saturated rings. The van der Waals surface area contributed by atoms with E-state index in [4.69, 9.17) is 4.74 Å². The fourth-order valence-electron chi connectivity index (χ4n) is 4.75. The Labute approximate surface area is 215 Å². The van der Waals surface area contributed by atoms with Crippen LogP contribution in [-0.2, 0) is 11.8 Å². The van der Waals surface area contributed by atoms with Crippen molar-refractivity contribution in [3.8, 4) is 22.9 Å². The largest absolute Gasteiger partial charge is 0.490 e. The molecule has 37 heavy (non-hydrogen) atoms. The van der Waals surface area contributed by atoms with E-state index in [1.54, 1.807) is 37.8 Å². The average molecular weight is 494 g/mol. The van der Waals surface area contributed by atoms with Crippen LogP contribution in [-0.4, -0.2) is 50.5 Å². The van der Waals surface area contributed by atoms with Gasteiger partial charge in [-0.25, -0.2) is 0 Å². The van der Waals surface area contributed by atoms with Crippen molar-refractivity contribution >= 4 is 22.5 Å². The number of hydrogen-bond acceptors (Lipinski definition) is 6. The van der Waals surface area contributed by atoms with Gasteiger partial charge >= 0.3 is 0 Å². The molecular formula is C29H27N5O3. The molecule has 0 aliphatic carbocycles. The molecule has 8 heteroatoms. The molecular weight excluding hydrogens is 466 g/mol. The molecule has 0 unspecified atom stereocenters. The first kappa shape index (κ1) is 24.2. The number of nitriles is 1. The van der Waals surface area contributed by atoms with E-state index in [1.807, 2.05) is 35.2 Å². The van der Waals surface area contributed by atoms with Gasteiger partial charge in [0, 0.05) is 69.8 Å². The molecule has 1 saturated heterocycles. The highest BCUT2D eigenvalue weighted by Crippen LogP contribution is 2.34. The third kappa shape index (κ3) is 5.36. The van der Waals surface area contributed by atoms with Crippen LogP contribution in [0.25, 0.3) is 21.9 Å². The van der Waals surface area contributed by atoms with Crippen LogP contribution in [0.1, 0.15) is 41.7 Å². The van der Waals surface area contributed by atoms with Crippen LogP contribution in [0.2, 0.25) is 0 Å². The first-order valence-electron chi connectivity index (χ1n) is 12.4. The lowest BCUT2D eigenvalue weighted by Crippen LogP contribution is -2.41. The number of Topliss-reactive ketones (excluding diaryl/α,β-unsaturated/α-hetero) is 1. The molecule has 0 radical (unpaired) electrons. The zero-order valence-corrected chi connectivity index (χ0v) is 20.6. The lowest BCUT2D eigenvalue weighted by molar-refractivity contribution is -0.132. The maximum absolute atomic E-state index is 12.7. The molecule has 0 saturated carbocycles. The van der Waals surface area contributed by atoms with Gasteiger partial charge in [-0.05, 0) is 52.9 Å². The monoisotopic (exact) mass is 493 g/mol. The molecule has 2 aromatic carbocycles. The summed E-state index contributed by atoms with van der Waals surface area (Å²) in [5, 5.41) is 15.2. The highest BCUT2D eigenvalue weighted by atomic mass is 16.5. The molecule has 4 aromatic rings. The number of hydrogen-bond donors (Lipinski definition) is 0. The van der Waals surface area contributed by atoms with Crippen molar-refractivity contribution in [2.75, 3.05) is 13.1 Å². The van der Waals surface area contributed by atoms with Crippen molar-refractivity contribution in [2.45, 2.75) is 31.8 Å². The van der Waals surface area contributed by atoms with E-state index in [9.17, 15) is 14.9 Å². The number of likely N-dealkylation sites (tertiary alicyclic amines) is 1. The molecule has 1 aliphatic heterocycles. The number of nitrogens with zero attached hydrogens (tertiary/aromatic N) is 5. The van der Waals surface area contributed by atoms with E-state index in [1.165, 1.54) is 4.68 Å². The normalized spacial score (nSPS) is 13.9. The number of carbonyl (C=O) groups is 2. The molecule has 0 spiro atoms. The van der Waals surface area contributed by atoms with Gasteiger partial charge in [0.05, 0.1) is 11.6 Å². The van der Waals surface area contributed by atoms with Crippen molar-refractivity contribution in [3.63, 3.8) is 0 Å². The molecule has 0 bridgehead atoms. The minimum atomic E-state index is -0.0766. The molecule has 5 rings (SSSR count). The van der Waals surface area contributed by atoms with E-state index in [-0.39, 0.29) is 30.6 Å². The molecule has 8 nitrogen and oxygen atoms in total. The van der Waals surface area contributed by atoms with Gasteiger partial charge in [0.1, 0.15) is 17.5 Å². The molecule has 186 valence electrons. The smallest absolute Gasteiger partial charge is 0.223 e. The molecule has 1 amide bonds. The number of benzene rings is 2. The predicted molar refractivity (Wildman–Crippen MR) is 139 cm³/mol. The summed E-state index contributed by atoms with van der Waals surface area (Å²) in [5.74, 6) is 0.657. The zero-order valence-electron chi connectivity index (χ0n) is 20.6. The van der Waals surface area contributed by atoms with Gasteiger partial charge in [-0.1, -0.05) is 12.1 Å². The van der Waals surface area contributed by atoms with Crippen LogP contribution in [0.3, 0.4) is 0 Å². The molecule has 2 aromatic heterocycles. The van der Waals surface area contributed by atoms with E-state index in [0.29, 0.717) is 37.2 Å². The second-order valence-corrected chi connectivity index (χ2v) is 9.23. The highest BCUT2D eigenvalue weighted by molar-refractivity contribution is 5.96. The van der Waals surface area contributed by atoms with Crippen LogP contribution in [0.15, 0.2) is 67.1 Å². The lowest BCUT2D eigenvalue weighted by atomic mass is 9.99. The number of fused-ring (bicyclic) bond motifs is 1. The number of ketones is 1. The maximum atomic E-state index is 12.7. The van der Waals surface area contributed by atoms with E-state index in [0.717, 1.165) is 27.6 Å². The summed E-state index contributed by atoms with van der Waals surface area (Å²) in [5.41, 5.74) is 3.04. The van der Waals surface area contributed by atoms with Crippen molar-refractivity contribution in [3.05, 3.63) is 78.4 Å². The number of carbonyl (C=O) groups excluding carboxylic acids is 2. The highest BCUT2D eigenvalue weighted by Gasteiger charge is 2.25. The first-order valence-corrected chi connectivity index (χ1v) is 12.4. The van der Waals surface area contributed by atoms with Gasteiger partial charge in [-0.2, -0.15) is 10.4 Å². The fraction of sp³-hybridized carbons (Fsp3) is 0.276. The van der Waals surface area contributed by atoms with Gasteiger partial charge in [0.2, 0.25) is 5.91 Å². The third-order valence-corrected chi connectivity index (χ3v) is 6.80. The van der Waals surface area contributed by atoms with Gasteiger partial charge in [-0.15, -0.1) is 0 Å². The van der Waals surface area contributed by atoms with Gasteiger partial charge in [0.25, 0.3) is 0 Å². The summed E-state index contributed by atoms with van der Waals surface area (Å²) in [6, 6.07) is 17.4. The number of aromatic nitrogens is 3. The molecule has 0 N–H and O–H groups in total. The molecule has 1 aliphatic rings. The Kier molecular flexibility index (Phi) is 6.95. The standard InChI is InChI=1S/C29H27N5O3/c1-33-26(8-12-32-33)27(35)5-6-29(36)34-13-9-24(10-14-34)37-28-17-23(16-22-7-11-31-19-25(22)28)21-4-2-3-20(15-21)18-30/h2-4,7-8,11-12,15-17,19,24H,5-6,9-10,13-14H2,1H3. The summed E-state index contributed by atoms with van der Waals surface area (Å²) in [7, 11) is 1.72. The summed E-state index contributed by atoms with van der Waals surface area (Å²) >= 11 is 0. The van der Waals surface area contributed by atoms with Gasteiger partial charge in [0.15, 0.2) is 5.78 Å². The zero-order chi connectivity index (χ0) is 25.8. The SMILES string of the molecule is Cn1nccc1C(=O)CCC(=O)N1CCC(Oc2cc(-c3cccc(C#N)c3)cc3ccncc23)CC1. The second-order valence-electron chi connectivity index (χ2n) is 9.23. The Balaban J connectivity index is 1.24. The quantitative estimate of drug-likeness (QED) is 0.350. The van der Waals surface area contributed by atoms with Gasteiger partial charge < -0.3 is 9.64 Å². The predicted octanol–water partition coefficient (Wildman–Crippen LogP) is 4.54. The van der Waals surface area contributed by atoms with Gasteiger partial charge in [-0.3, -0.25) is 19.3 Å². The van der Waals surface area contributed by atoms with Crippen LogP contribution >= 0.6 is 0 Å². The minimum Gasteiger partial charge on any atom is -0.490 e. The summed E-state index contributed by atoms with van der Waals surface area (Å²) < 4.78 is 8.00. The Bertz CT molecular complexity index is 1490. The number of rotatable bonds is 7. The number of amides is 1. The fourth-order valence-corrected chi connectivity index (χ4v) is 4.75. The topological polar surface area (TPSA) is 101 Å². The van der Waals surface area contributed by atoms with E-state index in [2.05, 4.69) is 22.2 Å². The lowest BCUT2D eigenvalue weighted by Gasteiger charge is -2.32. The number of piperidine rings is 1. The van der Waals surface area contributed by atoms with Crippen molar-refractivity contribution < 1.29 is 14.3 Å². The molecule has 0 atom stereocenters. The number of pyridine rings is 1. The van der Waals surface area contributed by atoms with Crippen LogP contribution in [0, 0.1) is 11.3 Å². The second kappa shape index (κ2) is 10.6. The summed E-state index contributed by atoms with van der Waals surface area (Å²) in [4.78, 5) is 31.2. The van der Waals surface area contributed by atoms with Crippen LogP contribution in [0.5, 0.6) is 5.75 Å². The third-order valence-electron chi connectivity index (χ3n) is 6.80. The average Bonchev–Trinajstić information content (AvgIpc) is 3.37. The minimum absolute atomic E-state index is 0.0111.